The molecule has 3 aromatic carbocycles. The van der Waals surface area contributed by atoms with Gasteiger partial charge in [-0.1, -0.05) is 78.9 Å². The number of carbonyl (C=O) groups is 2. The van der Waals surface area contributed by atoms with E-state index in [2.05, 4.69) is 29.2 Å². The lowest BCUT2D eigenvalue weighted by Crippen LogP contribution is -2.62. The summed E-state index contributed by atoms with van der Waals surface area (Å²) >= 11 is 0. The molecule has 2 aliphatic rings. The second kappa shape index (κ2) is 8.49. The van der Waals surface area contributed by atoms with Gasteiger partial charge in [-0.15, -0.1) is 0 Å². The van der Waals surface area contributed by atoms with Gasteiger partial charge in [0.25, 0.3) is 0 Å². The van der Waals surface area contributed by atoms with E-state index in [4.69, 9.17) is 0 Å². The van der Waals surface area contributed by atoms with E-state index in [1.165, 1.54) is 11.1 Å². The van der Waals surface area contributed by atoms with Crippen molar-refractivity contribution in [3.63, 3.8) is 0 Å². The zero-order chi connectivity index (χ0) is 23.1. The number of carbonyl (C=O) groups excluding carboxylic acids is 2. The third kappa shape index (κ3) is 3.58. The molecule has 6 rings (SSSR count). The molecule has 34 heavy (non-hydrogen) atoms. The third-order valence-corrected chi connectivity index (χ3v) is 7.23. The van der Waals surface area contributed by atoms with Gasteiger partial charge in [0, 0.05) is 29.6 Å². The second-order valence-electron chi connectivity index (χ2n) is 9.30. The van der Waals surface area contributed by atoms with Crippen molar-refractivity contribution in [2.45, 2.75) is 37.9 Å². The van der Waals surface area contributed by atoms with E-state index in [1.807, 2.05) is 65.6 Å². The van der Waals surface area contributed by atoms with Crippen molar-refractivity contribution in [2.75, 3.05) is 6.54 Å². The fourth-order valence-corrected chi connectivity index (χ4v) is 5.63. The Morgan fingerprint density at radius 2 is 1.50 bits per heavy atom. The molecule has 2 aliphatic heterocycles. The lowest BCUT2D eigenvalue weighted by molar-refractivity contribution is -0.160. The number of para-hydroxylation sites is 1. The molecule has 0 spiro atoms. The van der Waals surface area contributed by atoms with E-state index < -0.39 is 6.04 Å². The molecule has 0 saturated carbocycles. The highest BCUT2D eigenvalue weighted by Gasteiger charge is 2.47. The fourth-order valence-electron chi connectivity index (χ4n) is 5.63. The fraction of sp³-hybridized carbons (Fsp3) is 0.241. The van der Waals surface area contributed by atoms with Gasteiger partial charge in [-0.05, 0) is 35.6 Å². The Labute approximate surface area is 199 Å². The maximum atomic E-state index is 13.7. The molecule has 1 fully saturated rings. The highest BCUT2D eigenvalue weighted by atomic mass is 16.2. The van der Waals surface area contributed by atoms with Gasteiger partial charge in [-0.25, -0.2) is 0 Å². The molecule has 2 unspecified atom stereocenters. The van der Waals surface area contributed by atoms with Gasteiger partial charge >= 0.3 is 0 Å². The molecule has 0 bridgehead atoms. The van der Waals surface area contributed by atoms with Crippen LogP contribution in [-0.2, 0) is 29.0 Å². The van der Waals surface area contributed by atoms with E-state index in [0.717, 1.165) is 35.0 Å². The number of amides is 2. The first kappa shape index (κ1) is 20.7. The van der Waals surface area contributed by atoms with Crippen LogP contribution in [-0.4, -0.2) is 39.2 Å². The van der Waals surface area contributed by atoms with Crippen molar-refractivity contribution in [1.82, 2.24) is 14.8 Å². The van der Waals surface area contributed by atoms with E-state index in [0.29, 0.717) is 13.0 Å². The molecule has 4 aromatic rings. The first-order chi connectivity index (χ1) is 16.7. The summed E-state index contributed by atoms with van der Waals surface area (Å²) in [6, 6.07) is 27.9. The van der Waals surface area contributed by atoms with Crippen molar-refractivity contribution in [1.29, 1.82) is 0 Å². The van der Waals surface area contributed by atoms with Crippen molar-refractivity contribution in [3.8, 4) is 0 Å². The van der Waals surface area contributed by atoms with Crippen LogP contribution in [0.4, 0.5) is 0 Å². The van der Waals surface area contributed by atoms with Crippen molar-refractivity contribution < 1.29 is 9.59 Å². The quantitative estimate of drug-likeness (QED) is 0.483. The second-order valence-corrected chi connectivity index (χ2v) is 9.30. The van der Waals surface area contributed by atoms with E-state index in [1.54, 1.807) is 4.90 Å². The van der Waals surface area contributed by atoms with Crippen LogP contribution in [0.2, 0.25) is 0 Å². The molecule has 1 aromatic heterocycles. The highest BCUT2D eigenvalue weighted by Crippen LogP contribution is 2.41. The molecule has 2 atom stereocenters. The van der Waals surface area contributed by atoms with Gasteiger partial charge in [-0.2, -0.15) is 0 Å². The molecular weight excluding hydrogens is 422 g/mol. The average molecular weight is 450 g/mol. The molecule has 5 heteroatoms. The number of rotatable bonds is 5. The Kier molecular flexibility index (Phi) is 5.17. The summed E-state index contributed by atoms with van der Waals surface area (Å²) in [7, 11) is 0. The molecule has 2 amide bonds. The number of fused-ring (bicyclic) bond motifs is 4. The van der Waals surface area contributed by atoms with Crippen LogP contribution in [0.15, 0.2) is 84.9 Å². The van der Waals surface area contributed by atoms with E-state index in [-0.39, 0.29) is 24.4 Å². The van der Waals surface area contributed by atoms with Crippen LogP contribution in [0.5, 0.6) is 0 Å². The zero-order valence-corrected chi connectivity index (χ0v) is 19.0. The number of nitrogens with zero attached hydrogens (tertiary/aromatic N) is 2. The summed E-state index contributed by atoms with van der Waals surface area (Å²) in [6.45, 7) is 0.590. The van der Waals surface area contributed by atoms with Crippen LogP contribution in [0, 0.1) is 0 Å². The number of benzene rings is 3. The number of piperazine rings is 1. The molecule has 3 heterocycles. The molecule has 5 nitrogen and oxygen atoms in total. The topological polar surface area (TPSA) is 56.4 Å². The molecule has 0 radical (unpaired) electrons. The third-order valence-electron chi connectivity index (χ3n) is 7.23. The first-order valence-electron chi connectivity index (χ1n) is 12.0. The summed E-state index contributed by atoms with van der Waals surface area (Å²) in [4.78, 5) is 34.5. The number of aryl methyl sites for hydroxylation is 1. The normalized spacial score (nSPS) is 19.9. The lowest BCUT2D eigenvalue weighted by Gasteiger charge is -2.47. The Balaban J connectivity index is 1.37. The molecule has 0 aliphatic carbocycles. The Bertz CT molecular complexity index is 1350. The van der Waals surface area contributed by atoms with Crippen LogP contribution < -0.4 is 0 Å². The maximum absolute atomic E-state index is 13.7. The predicted molar refractivity (Wildman–Crippen MR) is 132 cm³/mol. The van der Waals surface area contributed by atoms with Gasteiger partial charge in [0.1, 0.15) is 12.6 Å². The highest BCUT2D eigenvalue weighted by molar-refractivity contribution is 5.97. The van der Waals surface area contributed by atoms with Crippen molar-refractivity contribution in [2.24, 2.45) is 0 Å². The minimum Gasteiger partial charge on any atom is -0.356 e. The van der Waals surface area contributed by atoms with Gasteiger partial charge in [0.15, 0.2) is 0 Å². The Hall–Kier alpha value is -3.86. The minimum absolute atomic E-state index is 0.0305. The molecule has 170 valence electrons. The molecular formula is C29H27N3O2. The van der Waals surface area contributed by atoms with Crippen LogP contribution in [0.25, 0.3) is 10.9 Å². The smallest absolute Gasteiger partial charge is 0.246 e. The Morgan fingerprint density at radius 3 is 2.26 bits per heavy atom. The predicted octanol–water partition coefficient (Wildman–Crippen LogP) is 4.64. The maximum Gasteiger partial charge on any atom is 0.246 e. The number of H-pyrrole nitrogens is 1. The molecule has 1 saturated heterocycles. The van der Waals surface area contributed by atoms with Gasteiger partial charge < -0.3 is 14.8 Å². The number of hydrogen-bond donors (Lipinski definition) is 1. The van der Waals surface area contributed by atoms with Crippen LogP contribution in [0.1, 0.15) is 34.8 Å². The monoisotopic (exact) mass is 449 g/mol. The number of aromatic nitrogens is 1. The SMILES string of the molecule is O=C1C2Cc3c([nH]c4ccccc34)C(CCc3ccccc3)N2C(=O)CN1Cc1ccccc1. The van der Waals surface area contributed by atoms with Gasteiger partial charge in [-0.3, -0.25) is 9.59 Å². The summed E-state index contributed by atoms with van der Waals surface area (Å²) in [5, 5.41) is 1.15. The minimum atomic E-state index is -0.461. The number of aromatic amines is 1. The first-order valence-corrected chi connectivity index (χ1v) is 12.0. The van der Waals surface area contributed by atoms with Crippen LogP contribution in [0.3, 0.4) is 0 Å². The van der Waals surface area contributed by atoms with Gasteiger partial charge in [0.05, 0.1) is 6.04 Å². The average Bonchev–Trinajstić information content (AvgIpc) is 3.25. The zero-order valence-electron chi connectivity index (χ0n) is 19.0. The van der Waals surface area contributed by atoms with E-state index in [9.17, 15) is 9.59 Å². The van der Waals surface area contributed by atoms with Gasteiger partial charge in [0.2, 0.25) is 11.8 Å². The lowest BCUT2D eigenvalue weighted by atomic mass is 9.86. The van der Waals surface area contributed by atoms with Crippen LogP contribution >= 0.6 is 0 Å². The Morgan fingerprint density at radius 1 is 0.824 bits per heavy atom. The summed E-state index contributed by atoms with van der Waals surface area (Å²) in [5.74, 6) is 0.0759. The van der Waals surface area contributed by atoms with Crippen molar-refractivity contribution >= 4 is 22.7 Å². The summed E-state index contributed by atoms with van der Waals surface area (Å²) < 4.78 is 0. The molecule has 1 N–H and O–H groups in total. The number of hydrogen-bond acceptors (Lipinski definition) is 2. The summed E-state index contributed by atoms with van der Waals surface area (Å²) in [6.07, 6.45) is 2.17. The largest absolute Gasteiger partial charge is 0.356 e. The number of nitrogens with one attached hydrogen (secondary N) is 1. The summed E-state index contributed by atoms with van der Waals surface area (Å²) in [5.41, 5.74) is 5.62. The standard InChI is InChI=1S/C29H27N3O2/c33-27-19-31(18-21-11-5-2-6-12-21)29(34)26-17-23-22-13-7-8-14-24(22)30-28(23)25(32(26)27)16-15-20-9-3-1-4-10-20/h1-14,25-26,30H,15-19H2. The van der Waals surface area contributed by atoms with E-state index >= 15 is 0 Å². The van der Waals surface area contributed by atoms with Crippen molar-refractivity contribution in [3.05, 3.63) is 107 Å².